The molecular formula is C14H19NO4. The first-order valence-corrected chi connectivity index (χ1v) is 6.37. The average Bonchev–Trinajstić information content (AvgIpc) is 2.90. The second-order valence-electron chi connectivity index (χ2n) is 4.67. The molecule has 1 unspecified atom stereocenters. The fraction of sp³-hybridized carbons (Fsp3) is 0.500. The van der Waals surface area contributed by atoms with Gasteiger partial charge in [0.2, 0.25) is 0 Å². The molecular weight excluding hydrogens is 246 g/mol. The van der Waals surface area contributed by atoms with Gasteiger partial charge in [0.05, 0.1) is 19.8 Å². The molecule has 1 aliphatic rings. The van der Waals surface area contributed by atoms with E-state index in [0.29, 0.717) is 17.5 Å². The van der Waals surface area contributed by atoms with Gasteiger partial charge in [0.1, 0.15) is 0 Å². The minimum Gasteiger partial charge on any atom is -0.493 e. The third kappa shape index (κ3) is 2.98. The number of rotatable bonds is 5. The van der Waals surface area contributed by atoms with Gasteiger partial charge in [0.15, 0.2) is 11.5 Å². The summed E-state index contributed by atoms with van der Waals surface area (Å²) in [5.41, 5.74) is 1.10. The smallest absolute Gasteiger partial charge is 0.335 e. The second-order valence-corrected chi connectivity index (χ2v) is 4.67. The molecule has 0 spiro atoms. The molecule has 1 aromatic carbocycles. The van der Waals surface area contributed by atoms with Gasteiger partial charge in [-0.25, -0.2) is 4.79 Å². The molecule has 1 aromatic rings. The van der Waals surface area contributed by atoms with Gasteiger partial charge in [-0.05, 0) is 37.9 Å². The largest absolute Gasteiger partial charge is 0.493 e. The van der Waals surface area contributed by atoms with Crippen molar-refractivity contribution in [1.82, 2.24) is 5.32 Å². The van der Waals surface area contributed by atoms with Gasteiger partial charge in [-0.1, -0.05) is 0 Å². The minimum absolute atomic E-state index is 0.227. The first kappa shape index (κ1) is 13.7. The molecule has 1 atom stereocenters. The van der Waals surface area contributed by atoms with E-state index in [1.54, 1.807) is 13.2 Å². The van der Waals surface area contributed by atoms with E-state index in [9.17, 15) is 4.79 Å². The van der Waals surface area contributed by atoms with Crippen LogP contribution in [0.3, 0.4) is 0 Å². The topological polar surface area (TPSA) is 67.8 Å². The zero-order valence-corrected chi connectivity index (χ0v) is 11.2. The van der Waals surface area contributed by atoms with Crippen LogP contribution in [0, 0.1) is 0 Å². The second kappa shape index (κ2) is 5.93. The summed E-state index contributed by atoms with van der Waals surface area (Å²) in [4.78, 5) is 11.1. The quantitative estimate of drug-likeness (QED) is 0.848. The van der Waals surface area contributed by atoms with Crippen LogP contribution < -0.4 is 14.8 Å². The van der Waals surface area contributed by atoms with Crippen LogP contribution in [-0.4, -0.2) is 37.9 Å². The summed E-state index contributed by atoms with van der Waals surface area (Å²) in [6, 6.07) is 3.54. The summed E-state index contributed by atoms with van der Waals surface area (Å²) in [6.45, 7) is 1.02. The Bertz CT molecular complexity index is 467. The van der Waals surface area contributed by atoms with Crippen LogP contribution in [-0.2, 0) is 6.42 Å². The number of aromatic carboxylic acids is 1. The molecule has 0 aromatic heterocycles. The monoisotopic (exact) mass is 265 g/mol. The number of carboxylic acids is 1. The van der Waals surface area contributed by atoms with Crippen LogP contribution in [0.25, 0.3) is 0 Å². The average molecular weight is 265 g/mol. The van der Waals surface area contributed by atoms with Crippen LogP contribution in [0.15, 0.2) is 12.1 Å². The van der Waals surface area contributed by atoms with Gasteiger partial charge in [0.25, 0.3) is 0 Å². The van der Waals surface area contributed by atoms with E-state index < -0.39 is 5.97 Å². The van der Waals surface area contributed by atoms with E-state index >= 15 is 0 Å². The Morgan fingerprint density at radius 3 is 2.74 bits per heavy atom. The van der Waals surface area contributed by atoms with Gasteiger partial charge >= 0.3 is 5.97 Å². The Morgan fingerprint density at radius 1 is 1.42 bits per heavy atom. The van der Waals surface area contributed by atoms with Crippen molar-refractivity contribution in [3.63, 3.8) is 0 Å². The lowest BCUT2D eigenvalue weighted by molar-refractivity contribution is 0.0696. The van der Waals surface area contributed by atoms with Crippen LogP contribution >= 0.6 is 0 Å². The molecule has 104 valence electrons. The van der Waals surface area contributed by atoms with Gasteiger partial charge in [0, 0.05) is 11.6 Å². The third-order valence-corrected chi connectivity index (χ3v) is 3.43. The Hall–Kier alpha value is -1.75. The van der Waals surface area contributed by atoms with E-state index in [-0.39, 0.29) is 5.56 Å². The lowest BCUT2D eigenvalue weighted by Crippen LogP contribution is -2.24. The summed E-state index contributed by atoms with van der Waals surface area (Å²) in [5.74, 6) is 0.137. The van der Waals surface area contributed by atoms with E-state index in [2.05, 4.69) is 5.32 Å². The van der Waals surface area contributed by atoms with Crippen molar-refractivity contribution in [2.24, 2.45) is 0 Å². The third-order valence-electron chi connectivity index (χ3n) is 3.43. The zero-order chi connectivity index (χ0) is 13.8. The molecule has 1 fully saturated rings. The number of carboxylic acid groups (broad SMARTS) is 1. The standard InChI is InChI=1S/C14H19NO4/c1-18-12-8-10(14(16)17)6-9(13(12)19-2)7-11-4-3-5-15-11/h6,8,11,15H,3-5,7H2,1-2H3,(H,16,17). The number of benzene rings is 1. The molecule has 1 aliphatic heterocycles. The summed E-state index contributed by atoms with van der Waals surface area (Å²) in [7, 11) is 3.09. The normalized spacial score (nSPS) is 18.3. The minimum atomic E-state index is -0.957. The predicted octanol–water partition coefficient (Wildman–Crippen LogP) is 1.70. The molecule has 1 saturated heterocycles. The highest BCUT2D eigenvalue weighted by Gasteiger charge is 2.20. The number of hydrogen-bond acceptors (Lipinski definition) is 4. The van der Waals surface area contributed by atoms with E-state index in [4.69, 9.17) is 14.6 Å². The molecule has 2 N–H and O–H groups in total. The lowest BCUT2D eigenvalue weighted by Gasteiger charge is -2.17. The van der Waals surface area contributed by atoms with Gasteiger partial charge in [-0.3, -0.25) is 0 Å². The van der Waals surface area contributed by atoms with Gasteiger partial charge < -0.3 is 19.9 Å². The summed E-state index contributed by atoms with van der Waals surface area (Å²) >= 11 is 0. The highest BCUT2D eigenvalue weighted by Crippen LogP contribution is 2.34. The fourth-order valence-electron chi connectivity index (χ4n) is 2.51. The molecule has 19 heavy (non-hydrogen) atoms. The first-order chi connectivity index (χ1) is 9.15. The molecule has 5 nitrogen and oxygen atoms in total. The van der Waals surface area contributed by atoms with E-state index in [0.717, 1.165) is 31.4 Å². The molecule has 5 heteroatoms. The fourth-order valence-corrected chi connectivity index (χ4v) is 2.51. The number of carbonyl (C=O) groups is 1. The van der Waals surface area contributed by atoms with Gasteiger partial charge in [-0.15, -0.1) is 0 Å². The van der Waals surface area contributed by atoms with Crippen molar-refractivity contribution in [1.29, 1.82) is 0 Å². The molecule has 0 amide bonds. The Kier molecular flexibility index (Phi) is 4.27. The summed E-state index contributed by atoms with van der Waals surface area (Å²) in [5, 5.41) is 12.5. The van der Waals surface area contributed by atoms with Crippen molar-refractivity contribution < 1.29 is 19.4 Å². The molecule has 2 rings (SSSR count). The van der Waals surface area contributed by atoms with Crippen molar-refractivity contribution in [2.75, 3.05) is 20.8 Å². The van der Waals surface area contributed by atoms with Crippen molar-refractivity contribution >= 4 is 5.97 Å². The first-order valence-electron chi connectivity index (χ1n) is 6.37. The van der Waals surface area contributed by atoms with E-state index in [1.165, 1.54) is 13.2 Å². The number of methoxy groups -OCH3 is 2. The maximum absolute atomic E-state index is 11.1. The Balaban J connectivity index is 2.36. The van der Waals surface area contributed by atoms with Crippen molar-refractivity contribution in [3.8, 4) is 11.5 Å². The highest BCUT2D eigenvalue weighted by molar-refractivity contribution is 5.89. The van der Waals surface area contributed by atoms with Crippen LogP contribution in [0.2, 0.25) is 0 Å². The lowest BCUT2D eigenvalue weighted by atomic mass is 10.0. The summed E-state index contributed by atoms with van der Waals surface area (Å²) < 4.78 is 10.6. The number of ether oxygens (including phenoxy) is 2. The number of nitrogens with one attached hydrogen (secondary N) is 1. The maximum atomic E-state index is 11.1. The van der Waals surface area contributed by atoms with Crippen molar-refractivity contribution in [2.45, 2.75) is 25.3 Å². The SMILES string of the molecule is COc1cc(C(=O)O)cc(CC2CCCN2)c1OC. The number of hydrogen-bond donors (Lipinski definition) is 2. The van der Waals surface area contributed by atoms with Crippen LogP contribution in [0.4, 0.5) is 0 Å². The Labute approximate surface area is 112 Å². The Morgan fingerprint density at radius 2 is 2.21 bits per heavy atom. The predicted molar refractivity (Wildman–Crippen MR) is 71.2 cm³/mol. The molecule has 1 heterocycles. The molecule has 0 aliphatic carbocycles. The van der Waals surface area contributed by atoms with Crippen molar-refractivity contribution in [3.05, 3.63) is 23.3 Å². The van der Waals surface area contributed by atoms with Crippen LogP contribution in [0.5, 0.6) is 11.5 Å². The zero-order valence-electron chi connectivity index (χ0n) is 11.2. The van der Waals surface area contributed by atoms with Crippen LogP contribution in [0.1, 0.15) is 28.8 Å². The summed E-state index contributed by atoms with van der Waals surface area (Å²) in [6.07, 6.45) is 3.01. The molecule has 0 radical (unpaired) electrons. The molecule has 0 saturated carbocycles. The van der Waals surface area contributed by atoms with Gasteiger partial charge in [-0.2, -0.15) is 0 Å². The van der Waals surface area contributed by atoms with E-state index in [1.807, 2.05) is 0 Å². The maximum Gasteiger partial charge on any atom is 0.335 e. The highest BCUT2D eigenvalue weighted by atomic mass is 16.5. The molecule has 0 bridgehead atoms.